The molecule has 1 saturated carbocycles. The van der Waals surface area contributed by atoms with Crippen LogP contribution >= 0.6 is 0 Å². The quantitative estimate of drug-likeness (QED) is 0.821. The van der Waals surface area contributed by atoms with Gasteiger partial charge in [-0.25, -0.2) is 0 Å². The highest BCUT2D eigenvalue weighted by Crippen LogP contribution is 2.47. The van der Waals surface area contributed by atoms with Crippen LogP contribution in [0.2, 0.25) is 0 Å². The molecule has 1 amide bonds. The van der Waals surface area contributed by atoms with Gasteiger partial charge in [-0.05, 0) is 48.3 Å². The van der Waals surface area contributed by atoms with E-state index in [1.807, 2.05) is 6.07 Å². The number of fused-ring (bicyclic) bond motifs is 2. The molecule has 1 fully saturated rings. The van der Waals surface area contributed by atoms with Crippen LogP contribution < -0.4 is 14.8 Å². The molecule has 0 spiro atoms. The van der Waals surface area contributed by atoms with Crippen LogP contribution in [0.15, 0.2) is 30.4 Å². The molecule has 1 aliphatic heterocycles. The standard InChI is InChI=1S/C22H29NO3/c1-14(2)12-23-22(24)21-17-6-4-3-5-15(17)7-9-18(21)16-8-10-19-20(11-16)26-13-25-19/h7-11,14-15,17-18,21H,3-6,12-13H2,1-2H3,(H,23,24). The number of hydrogen-bond donors (Lipinski definition) is 1. The van der Waals surface area contributed by atoms with Crippen LogP contribution in [-0.4, -0.2) is 19.2 Å². The second kappa shape index (κ2) is 7.34. The number of rotatable bonds is 4. The molecule has 1 heterocycles. The minimum atomic E-state index is 0.00409. The van der Waals surface area contributed by atoms with E-state index in [0.717, 1.165) is 30.0 Å². The van der Waals surface area contributed by atoms with Crippen molar-refractivity contribution in [3.8, 4) is 11.5 Å². The third kappa shape index (κ3) is 3.34. The number of carbonyl (C=O) groups excluding carboxylic acids is 1. The maximum absolute atomic E-state index is 13.2. The largest absolute Gasteiger partial charge is 0.454 e. The summed E-state index contributed by atoms with van der Waals surface area (Å²) in [6.45, 7) is 5.30. The first-order valence-corrected chi connectivity index (χ1v) is 9.99. The summed E-state index contributed by atoms with van der Waals surface area (Å²) in [6, 6.07) is 6.12. The van der Waals surface area contributed by atoms with E-state index in [4.69, 9.17) is 9.47 Å². The first-order chi connectivity index (χ1) is 12.6. The van der Waals surface area contributed by atoms with Crippen molar-refractivity contribution in [3.05, 3.63) is 35.9 Å². The van der Waals surface area contributed by atoms with Crippen molar-refractivity contribution >= 4 is 5.91 Å². The van der Waals surface area contributed by atoms with Gasteiger partial charge in [-0.15, -0.1) is 0 Å². The molecule has 1 N–H and O–H groups in total. The lowest BCUT2D eigenvalue weighted by atomic mass is 9.63. The third-order valence-corrected chi connectivity index (χ3v) is 6.06. The highest BCUT2D eigenvalue weighted by atomic mass is 16.7. The number of carbonyl (C=O) groups is 1. The third-order valence-electron chi connectivity index (χ3n) is 6.06. The maximum Gasteiger partial charge on any atom is 0.231 e. The lowest BCUT2D eigenvalue weighted by Crippen LogP contribution is -2.44. The summed E-state index contributed by atoms with van der Waals surface area (Å²) < 4.78 is 11.0. The van der Waals surface area contributed by atoms with Crippen molar-refractivity contribution in [2.45, 2.75) is 45.4 Å². The Labute approximate surface area is 156 Å². The lowest BCUT2D eigenvalue weighted by molar-refractivity contribution is -0.128. The molecule has 4 unspecified atom stereocenters. The first kappa shape index (κ1) is 17.4. The van der Waals surface area contributed by atoms with Gasteiger partial charge in [0.25, 0.3) is 0 Å². The molecule has 4 nitrogen and oxygen atoms in total. The predicted molar refractivity (Wildman–Crippen MR) is 101 cm³/mol. The second-order valence-corrected chi connectivity index (χ2v) is 8.30. The monoisotopic (exact) mass is 355 g/mol. The molecule has 140 valence electrons. The molecule has 4 heteroatoms. The SMILES string of the molecule is CC(C)CNC(=O)C1C(c2ccc3c(c2)OCO3)C=CC2CCCCC21. The van der Waals surface area contributed by atoms with Crippen molar-refractivity contribution in [1.82, 2.24) is 5.32 Å². The van der Waals surface area contributed by atoms with E-state index < -0.39 is 0 Å². The molecule has 0 bridgehead atoms. The Hall–Kier alpha value is -1.97. The Balaban J connectivity index is 1.64. The zero-order valence-corrected chi connectivity index (χ0v) is 15.7. The van der Waals surface area contributed by atoms with Gasteiger partial charge in [0.2, 0.25) is 12.7 Å². The molecule has 1 aromatic rings. The van der Waals surface area contributed by atoms with Crippen molar-refractivity contribution in [2.75, 3.05) is 13.3 Å². The summed E-state index contributed by atoms with van der Waals surface area (Å²) in [5.41, 5.74) is 1.15. The summed E-state index contributed by atoms with van der Waals surface area (Å²) in [4.78, 5) is 13.2. The number of allylic oxidation sites excluding steroid dienone is 2. The van der Waals surface area contributed by atoms with Gasteiger partial charge in [0.1, 0.15) is 0 Å². The smallest absolute Gasteiger partial charge is 0.231 e. The molecular weight excluding hydrogens is 326 g/mol. The van der Waals surface area contributed by atoms with E-state index in [1.54, 1.807) is 0 Å². The zero-order valence-electron chi connectivity index (χ0n) is 15.7. The predicted octanol–water partition coefficient (Wildman–Crippen LogP) is 4.26. The van der Waals surface area contributed by atoms with Gasteiger partial charge in [0.15, 0.2) is 11.5 Å². The molecule has 1 aromatic carbocycles. The fourth-order valence-electron chi connectivity index (χ4n) is 4.74. The molecular formula is C22H29NO3. The van der Waals surface area contributed by atoms with Gasteiger partial charge in [-0.2, -0.15) is 0 Å². The van der Waals surface area contributed by atoms with Gasteiger partial charge >= 0.3 is 0 Å². The second-order valence-electron chi connectivity index (χ2n) is 8.30. The van der Waals surface area contributed by atoms with Gasteiger partial charge in [-0.3, -0.25) is 4.79 Å². The van der Waals surface area contributed by atoms with Gasteiger partial charge in [-0.1, -0.05) is 44.9 Å². The summed E-state index contributed by atoms with van der Waals surface area (Å²) >= 11 is 0. The number of benzene rings is 1. The molecule has 3 aliphatic rings. The van der Waals surface area contributed by atoms with Gasteiger partial charge < -0.3 is 14.8 Å². The fraction of sp³-hybridized carbons (Fsp3) is 0.591. The van der Waals surface area contributed by atoms with E-state index in [9.17, 15) is 4.79 Å². The first-order valence-electron chi connectivity index (χ1n) is 9.99. The van der Waals surface area contributed by atoms with Crippen LogP contribution in [0.5, 0.6) is 11.5 Å². The van der Waals surface area contributed by atoms with Crippen LogP contribution in [0.1, 0.15) is 51.0 Å². The van der Waals surface area contributed by atoms with E-state index in [2.05, 4.69) is 43.4 Å². The molecule has 2 aliphatic carbocycles. The zero-order chi connectivity index (χ0) is 18.1. The number of nitrogens with one attached hydrogen (secondary N) is 1. The minimum absolute atomic E-state index is 0.00409. The maximum atomic E-state index is 13.2. The summed E-state index contributed by atoms with van der Waals surface area (Å²) in [5.74, 6) is 3.36. The van der Waals surface area contributed by atoms with Crippen LogP contribution in [0.25, 0.3) is 0 Å². The van der Waals surface area contributed by atoms with Crippen molar-refractivity contribution in [3.63, 3.8) is 0 Å². The van der Waals surface area contributed by atoms with E-state index in [-0.39, 0.29) is 24.5 Å². The van der Waals surface area contributed by atoms with Crippen molar-refractivity contribution < 1.29 is 14.3 Å². The highest BCUT2D eigenvalue weighted by Gasteiger charge is 2.42. The highest BCUT2D eigenvalue weighted by molar-refractivity contribution is 5.81. The molecule has 0 radical (unpaired) electrons. The molecule has 0 saturated heterocycles. The van der Waals surface area contributed by atoms with Crippen LogP contribution in [0.4, 0.5) is 0 Å². The number of hydrogen-bond acceptors (Lipinski definition) is 3. The summed E-state index contributed by atoms with van der Waals surface area (Å²) in [7, 11) is 0. The van der Waals surface area contributed by atoms with Gasteiger partial charge in [0, 0.05) is 12.5 Å². The topological polar surface area (TPSA) is 47.6 Å². The Kier molecular flexibility index (Phi) is 4.92. The Morgan fingerprint density at radius 1 is 1.15 bits per heavy atom. The summed E-state index contributed by atoms with van der Waals surface area (Å²) in [6.07, 6.45) is 9.51. The Morgan fingerprint density at radius 2 is 1.96 bits per heavy atom. The Bertz CT molecular complexity index is 697. The van der Waals surface area contributed by atoms with Crippen molar-refractivity contribution in [1.29, 1.82) is 0 Å². The number of ether oxygens (including phenoxy) is 2. The van der Waals surface area contributed by atoms with E-state index in [1.165, 1.54) is 19.3 Å². The van der Waals surface area contributed by atoms with E-state index in [0.29, 0.717) is 17.8 Å². The molecule has 0 aromatic heterocycles. The van der Waals surface area contributed by atoms with Crippen LogP contribution in [0.3, 0.4) is 0 Å². The molecule has 4 atom stereocenters. The molecule has 4 rings (SSSR count). The average molecular weight is 355 g/mol. The Morgan fingerprint density at radius 3 is 2.81 bits per heavy atom. The van der Waals surface area contributed by atoms with Gasteiger partial charge in [0.05, 0.1) is 5.92 Å². The lowest BCUT2D eigenvalue weighted by Gasteiger charge is -2.41. The fourth-order valence-corrected chi connectivity index (χ4v) is 4.74. The summed E-state index contributed by atoms with van der Waals surface area (Å²) in [5, 5.41) is 3.21. The minimum Gasteiger partial charge on any atom is -0.454 e. The van der Waals surface area contributed by atoms with Crippen LogP contribution in [-0.2, 0) is 4.79 Å². The number of amides is 1. The normalized spacial score (nSPS) is 29.5. The average Bonchev–Trinajstić information content (AvgIpc) is 3.13. The molecule has 26 heavy (non-hydrogen) atoms. The van der Waals surface area contributed by atoms with Crippen molar-refractivity contribution in [2.24, 2.45) is 23.7 Å². The van der Waals surface area contributed by atoms with E-state index >= 15 is 0 Å². The van der Waals surface area contributed by atoms with Crippen LogP contribution in [0, 0.1) is 23.7 Å².